The quantitative estimate of drug-likeness (QED) is 0.288. The third-order valence-corrected chi connectivity index (χ3v) is 5.50. The molecule has 0 atom stereocenters. The highest BCUT2D eigenvalue weighted by Gasteiger charge is 2.43. The first kappa shape index (κ1) is 24.8. The van der Waals surface area contributed by atoms with Crippen LogP contribution in [0.5, 0.6) is 0 Å². The minimum absolute atomic E-state index is 0.0285. The first-order valence-corrected chi connectivity index (χ1v) is 10.8. The molecule has 7 nitrogen and oxygen atoms in total. The lowest BCUT2D eigenvalue weighted by atomic mass is 9.74. The molecule has 1 fully saturated rings. The van der Waals surface area contributed by atoms with Crippen molar-refractivity contribution in [3.63, 3.8) is 0 Å². The van der Waals surface area contributed by atoms with E-state index >= 15 is 0 Å². The number of likely N-dealkylation sites (tertiary alicyclic amines) is 1. The van der Waals surface area contributed by atoms with Crippen LogP contribution in [-0.2, 0) is 14.3 Å². The van der Waals surface area contributed by atoms with Gasteiger partial charge >= 0.3 is 12.1 Å². The summed E-state index contributed by atoms with van der Waals surface area (Å²) in [6.07, 6.45) is 3.18. The molecule has 1 aromatic rings. The number of esters is 1. The van der Waals surface area contributed by atoms with Crippen LogP contribution < -0.4 is 10.8 Å². The zero-order valence-corrected chi connectivity index (χ0v) is 19.1. The zero-order valence-electron chi connectivity index (χ0n) is 19.1. The van der Waals surface area contributed by atoms with Crippen LogP contribution in [0.25, 0.3) is 0 Å². The molecule has 1 aromatic carbocycles. The maximum atomic E-state index is 12.8. The number of benzene rings is 1. The van der Waals surface area contributed by atoms with Crippen LogP contribution in [0.4, 0.5) is 10.5 Å². The van der Waals surface area contributed by atoms with E-state index in [1.54, 1.807) is 4.90 Å². The number of nitrogens with zero attached hydrogens (tertiary/aromatic N) is 1. The Labute approximate surface area is 186 Å². The van der Waals surface area contributed by atoms with E-state index in [-0.39, 0.29) is 18.7 Å². The Balaban J connectivity index is 1.96. The molecule has 1 heterocycles. The van der Waals surface area contributed by atoms with Crippen LogP contribution in [0.3, 0.4) is 0 Å². The summed E-state index contributed by atoms with van der Waals surface area (Å²) < 4.78 is 10.8. The molecule has 0 unspecified atom stereocenters. The molecular weight excluding hydrogens is 393 g/mol. The fourth-order valence-electron chi connectivity index (χ4n) is 3.81. The number of anilines is 1. The second-order valence-electron chi connectivity index (χ2n) is 9.15. The Bertz CT molecular complexity index is 784. The van der Waals surface area contributed by atoms with E-state index < -0.39 is 11.0 Å². The van der Waals surface area contributed by atoms with Gasteiger partial charge in [0.1, 0.15) is 20.1 Å². The minimum atomic E-state index is -0.653. The van der Waals surface area contributed by atoms with Gasteiger partial charge in [0, 0.05) is 31.5 Å². The van der Waals surface area contributed by atoms with Gasteiger partial charge in [0.25, 0.3) is 0 Å². The number of carbonyl (C=O) groups excluding carboxylic acids is 2. The zero-order chi connectivity index (χ0) is 23.1. The van der Waals surface area contributed by atoms with E-state index in [1.807, 2.05) is 45.9 Å². The normalized spacial score (nSPS) is 15.8. The highest BCUT2D eigenvalue weighted by atomic mass is 16.6. The predicted molar refractivity (Wildman–Crippen MR) is 124 cm³/mol. The second-order valence-corrected chi connectivity index (χ2v) is 9.15. The molecule has 2 rings (SSSR count). The summed E-state index contributed by atoms with van der Waals surface area (Å²) in [4.78, 5) is 26.9. The molecule has 1 saturated heterocycles. The number of carbonyl (C=O) groups is 2. The second kappa shape index (κ2) is 10.7. The molecule has 2 radical (unpaired) electrons. The van der Waals surface area contributed by atoms with Crippen LogP contribution in [0.15, 0.2) is 18.2 Å². The average Bonchev–Trinajstić information content (AvgIpc) is 2.69. The Hall–Kier alpha value is -2.51. The number of hydrogen-bond donors (Lipinski definition) is 2. The van der Waals surface area contributed by atoms with Crippen LogP contribution in [-0.4, -0.2) is 62.9 Å². The summed E-state index contributed by atoms with van der Waals surface area (Å²) in [7, 11) is 5.80. The summed E-state index contributed by atoms with van der Waals surface area (Å²) in [5.74, 6) is -0.288. The van der Waals surface area contributed by atoms with Crippen molar-refractivity contribution in [3.8, 4) is 0 Å². The van der Waals surface area contributed by atoms with E-state index in [1.165, 1.54) is 0 Å². The van der Waals surface area contributed by atoms with Crippen molar-refractivity contribution in [1.29, 1.82) is 5.41 Å². The number of amides is 1. The largest absolute Gasteiger partial charge is 0.459 e. The van der Waals surface area contributed by atoms with Gasteiger partial charge < -0.3 is 25.1 Å². The van der Waals surface area contributed by atoms with Gasteiger partial charge in [-0.2, -0.15) is 0 Å². The molecule has 0 saturated carbocycles. The number of ether oxygens (including phenoxy) is 2. The third-order valence-electron chi connectivity index (χ3n) is 5.50. The predicted octanol–water partition coefficient (Wildman–Crippen LogP) is 3.19. The molecule has 0 spiro atoms. The third kappa shape index (κ3) is 7.30. The lowest BCUT2D eigenvalue weighted by Crippen LogP contribution is -2.48. The summed E-state index contributed by atoms with van der Waals surface area (Å²) in [6.45, 7) is 9.08. The van der Waals surface area contributed by atoms with E-state index in [9.17, 15) is 9.59 Å². The maximum Gasteiger partial charge on any atom is 0.410 e. The van der Waals surface area contributed by atoms with E-state index in [0.29, 0.717) is 38.9 Å². The molecule has 1 aliphatic heterocycles. The molecule has 2 N–H and O–H groups in total. The topological polar surface area (TPSA) is 91.7 Å². The van der Waals surface area contributed by atoms with Gasteiger partial charge in [-0.05, 0) is 65.0 Å². The van der Waals surface area contributed by atoms with Crippen LogP contribution in [0.1, 0.15) is 52.0 Å². The van der Waals surface area contributed by atoms with Gasteiger partial charge in [-0.25, -0.2) is 4.79 Å². The lowest BCUT2D eigenvalue weighted by molar-refractivity contribution is -0.157. The molecule has 1 amide bonds. The van der Waals surface area contributed by atoms with E-state index in [4.69, 9.17) is 22.7 Å². The van der Waals surface area contributed by atoms with Gasteiger partial charge in [-0.15, -0.1) is 0 Å². The number of nitrogens with one attached hydrogen (secondary N) is 2. The molecule has 31 heavy (non-hydrogen) atoms. The van der Waals surface area contributed by atoms with Crippen molar-refractivity contribution in [1.82, 2.24) is 4.90 Å². The highest BCUT2D eigenvalue weighted by molar-refractivity contribution is 6.32. The first-order chi connectivity index (χ1) is 14.6. The number of rotatable bonds is 8. The Morgan fingerprint density at radius 3 is 2.55 bits per heavy atom. The lowest BCUT2D eigenvalue weighted by Gasteiger charge is -2.40. The van der Waals surface area contributed by atoms with E-state index in [2.05, 4.69) is 5.32 Å². The van der Waals surface area contributed by atoms with Gasteiger partial charge in [0.2, 0.25) is 0 Å². The number of aryl methyl sites for hydroxylation is 1. The molecule has 0 aromatic heterocycles. The van der Waals surface area contributed by atoms with Crippen LogP contribution >= 0.6 is 0 Å². The molecule has 8 heteroatoms. The van der Waals surface area contributed by atoms with Crippen molar-refractivity contribution < 1.29 is 19.1 Å². The van der Waals surface area contributed by atoms with Gasteiger partial charge in [0.05, 0.1) is 5.41 Å². The highest BCUT2D eigenvalue weighted by Crippen LogP contribution is 2.38. The standard InChI is InChI=1S/C23H34BN3O4/c1-17-16-18(24)6-7-19(17)26-12-5-8-23(20(28)30-15-11-25)9-13-27(14-10-23)21(29)31-22(2,3)4/h6-7,11,16,25-26H,5,8-10,12-15H2,1-4H3. The average molecular weight is 427 g/mol. The maximum absolute atomic E-state index is 12.8. The summed E-state index contributed by atoms with van der Waals surface area (Å²) >= 11 is 0. The van der Waals surface area contributed by atoms with Gasteiger partial charge in [-0.3, -0.25) is 4.79 Å². The Morgan fingerprint density at radius 2 is 1.97 bits per heavy atom. The monoisotopic (exact) mass is 427 g/mol. The van der Waals surface area contributed by atoms with Crippen molar-refractivity contribution in [2.45, 2.75) is 59.0 Å². The fourth-order valence-corrected chi connectivity index (χ4v) is 3.81. The van der Waals surface area contributed by atoms with Gasteiger partial charge in [0.15, 0.2) is 0 Å². The first-order valence-electron chi connectivity index (χ1n) is 10.8. The summed E-state index contributed by atoms with van der Waals surface area (Å²) in [6, 6.07) is 5.74. The summed E-state index contributed by atoms with van der Waals surface area (Å²) in [5, 5.41) is 10.6. The molecule has 1 aliphatic rings. The van der Waals surface area contributed by atoms with Crippen molar-refractivity contribution in [2.75, 3.05) is 31.6 Å². The Kier molecular flexibility index (Phi) is 8.54. The van der Waals surface area contributed by atoms with E-state index in [0.717, 1.165) is 29.3 Å². The number of hydrogen-bond acceptors (Lipinski definition) is 6. The SMILES string of the molecule is [B]c1ccc(NCCCC2(C(=O)OCC=N)CCN(C(=O)OC(C)(C)C)CC2)c(C)c1. The van der Waals surface area contributed by atoms with Crippen molar-refractivity contribution in [3.05, 3.63) is 23.8 Å². The van der Waals surface area contributed by atoms with Crippen LogP contribution in [0.2, 0.25) is 0 Å². The Morgan fingerprint density at radius 1 is 1.29 bits per heavy atom. The van der Waals surface area contributed by atoms with Crippen molar-refractivity contribution in [2.24, 2.45) is 5.41 Å². The fraction of sp³-hybridized carbons (Fsp3) is 0.609. The molecule has 0 aliphatic carbocycles. The van der Waals surface area contributed by atoms with Gasteiger partial charge in [-0.1, -0.05) is 17.6 Å². The summed E-state index contributed by atoms with van der Waals surface area (Å²) in [5.41, 5.74) is 1.62. The molecule has 0 bridgehead atoms. The minimum Gasteiger partial charge on any atom is -0.459 e. The van der Waals surface area contributed by atoms with Crippen LogP contribution in [0, 0.1) is 17.7 Å². The molecular formula is C23H34BN3O4. The number of piperidine rings is 1. The van der Waals surface area contributed by atoms with Crippen molar-refractivity contribution >= 4 is 37.3 Å². The molecule has 168 valence electrons. The smallest absolute Gasteiger partial charge is 0.410 e.